The zero-order valence-electron chi connectivity index (χ0n) is 12.7. The molecule has 2 unspecified atom stereocenters. The number of carboxylic acids is 1. The molecule has 1 aliphatic heterocycles. The lowest BCUT2D eigenvalue weighted by Crippen LogP contribution is -2.38. The standard InChI is InChI=1S/C17H21NO3/c1-10-6-4-7-11-8-5-9-18(14(10)11)15(19)12-13(16(20)21)17(12,2)3/h4,6-7,12-13H,5,8-9H2,1-3H3,(H,20,21). The van der Waals surface area contributed by atoms with Crippen LogP contribution in [-0.2, 0) is 16.0 Å². The van der Waals surface area contributed by atoms with Gasteiger partial charge in [0, 0.05) is 12.2 Å². The molecule has 4 heteroatoms. The summed E-state index contributed by atoms with van der Waals surface area (Å²) in [5.41, 5.74) is 2.84. The number of carboxylic acid groups (broad SMARTS) is 1. The third kappa shape index (κ3) is 2.04. The van der Waals surface area contributed by atoms with E-state index in [0.29, 0.717) is 6.54 Å². The molecule has 1 fully saturated rings. The van der Waals surface area contributed by atoms with Crippen LogP contribution < -0.4 is 4.90 Å². The highest BCUT2D eigenvalue weighted by atomic mass is 16.4. The fourth-order valence-electron chi connectivity index (χ4n) is 3.79. The van der Waals surface area contributed by atoms with Gasteiger partial charge in [-0.1, -0.05) is 32.0 Å². The Hall–Kier alpha value is -1.84. The van der Waals surface area contributed by atoms with E-state index < -0.39 is 23.2 Å². The number of aryl methyl sites for hydroxylation is 2. The molecule has 4 nitrogen and oxygen atoms in total. The Morgan fingerprint density at radius 2 is 2.00 bits per heavy atom. The Morgan fingerprint density at radius 3 is 2.62 bits per heavy atom. The van der Waals surface area contributed by atoms with Crippen LogP contribution in [0.25, 0.3) is 0 Å². The van der Waals surface area contributed by atoms with Crippen molar-refractivity contribution in [3.63, 3.8) is 0 Å². The molecule has 0 spiro atoms. The largest absolute Gasteiger partial charge is 0.481 e. The van der Waals surface area contributed by atoms with Gasteiger partial charge in [-0.2, -0.15) is 0 Å². The number of amides is 1. The van der Waals surface area contributed by atoms with E-state index in [0.717, 1.165) is 24.1 Å². The van der Waals surface area contributed by atoms with Crippen molar-refractivity contribution >= 4 is 17.6 Å². The average Bonchev–Trinajstić information content (AvgIpc) is 3.01. The second kappa shape index (κ2) is 4.58. The van der Waals surface area contributed by atoms with Crippen molar-refractivity contribution in [2.24, 2.45) is 17.3 Å². The molecule has 0 radical (unpaired) electrons. The van der Waals surface area contributed by atoms with E-state index in [2.05, 4.69) is 6.07 Å². The van der Waals surface area contributed by atoms with Crippen molar-refractivity contribution in [1.29, 1.82) is 0 Å². The van der Waals surface area contributed by atoms with Gasteiger partial charge in [0.2, 0.25) is 5.91 Å². The molecule has 21 heavy (non-hydrogen) atoms. The third-order valence-electron chi connectivity index (χ3n) is 5.04. The van der Waals surface area contributed by atoms with Crippen LogP contribution in [0.2, 0.25) is 0 Å². The molecule has 1 saturated carbocycles. The number of hydrogen-bond donors (Lipinski definition) is 1. The molecule has 1 aromatic rings. The number of hydrogen-bond acceptors (Lipinski definition) is 2. The SMILES string of the molecule is Cc1cccc2c1N(C(=O)C1C(C(=O)O)C1(C)C)CCC2. The van der Waals surface area contributed by atoms with Gasteiger partial charge in [-0.15, -0.1) is 0 Å². The summed E-state index contributed by atoms with van der Waals surface area (Å²) in [6, 6.07) is 6.09. The third-order valence-corrected chi connectivity index (χ3v) is 5.04. The fraction of sp³-hybridized carbons (Fsp3) is 0.529. The number of fused-ring (bicyclic) bond motifs is 1. The quantitative estimate of drug-likeness (QED) is 0.909. The number of para-hydroxylation sites is 1. The van der Waals surface area contributed by atoms with E-state index in [1.54, 1.807) is 0 Å². The Balaban J connectivity index is 1.94. The highest BCUT2D eigenvalue weighted by molar-refractivity contribution is 6.02. The first-order valence-electron chi connectivity index (χ1n) is 7.48. The van der Waals surface area contributed by atoms with Crippen molar-refractivity contribution in [2.75, 3.05) is 11.4 Å². The van der Waals surface area contributed by atoms with Gasteiger partial charge in [-0.25, -0.2) is 0 Å². The summed E-state index contributed by atoms with van der Waals surface area (Å²) in [7, 11) is 0. The normalized spacial score (nSPS) is 26.1. The highest BCUT2D eigenvalue weighted by Crippen LogP contribution is 2.59. The van der Waals surface area contributed by atoms with E-state index >= 15 is 0 Å². The minimum atomic E-state index is -0.861. The van der Waals surface area contributed by atoms with E-state index in [4.69, 9.17) is 0 Å². The van der Waals surface area contributed by atoms with Crippen molar-refractivity contribution in [1.82, 2.24) is 0 Å². The Bertz CT molecular complexity index is 620. The van der Waals surface area contributed by atoms with Crippen LogP contribution in [0, 0.1) is 24.2 Å². The Labute approximate surface area is 124 Å². The van der Waals surface area contributed by atoms with Gasteiger partial charge in [-0.3, -0.25) is 9.59 Å². The highest BCUT2D eigenvalue weighted by Gasteiger charge is 2.66. The molecule has 2 aliphatic rings. The molecule has 0 saturated heterocycles. The number of carbonyl (C=O) groups is 2. The Morgan fingerprint density at radius 1 is 1.29 bits per heavy atom. The number of nitrogens with zero attached hydrogens (tertiary/aromatic N) is 1. The molecule has 1 N–H and O–H groups in total. The minimum Gasteiger partial charge on any atom is -0.481 e. The number of rotatable bonds is 2. The predicted molar refractivity (Wildman–Crippen MR) is 80.2 cm³/mol. The summed E-state index contributed by atoms with van der Waals surface area (Å²) < 4.78 is 0. The molecule has 2 atom stereocenters. The summed E-state index contributed by atoms with van der Waals surface area (Å²) in [4.78, 5) is 26.0. The molecule has 0 aromatic heterocycles. The fourth-order valence-corrected chi connectivity index (χ4v) is 3.79. The number of carbonyl (C=O) groups excluding carboxylic acids is 1. The van der Waals surface area contributed by atoms with Crippen LogP contribution >= 0.6 is 0 Å². The monoisotopic (exact) mass is 287 g/mol. The molecule has 112 valence electrons. The van der Waals surface area contributed by atoms with Gasteiger partial charge in [-0.05, 0) is 36.3 Å². The number of benzene rings is 1. The van der Waals surface area contributed by atoms with Crippen LogP contribution in [0.1, 0.15) is 31.4 Å². The molecule has 1 heterocycles. The first kappa shape index (κ1) is 14.1. The van der Waals surface area contributed by atoms with Crippen LogP contribution in [0.5, 0.6) is 0 Å². The van der Waals surface area contributed by atoms with Gasteiger partial charge in [0.1, 0.15) is 0 Å². The topological polar surface area (TPSA) is 57.6 Å². The van der Waals surface area contributed by atoms with E-state index in [1.165, 1.54) is 5.56 Å². The molecule has 0 bridgehead atoms. The molecule has 1 amide bonds. The maximum atomic E-state index is 12.9. The minimum absolute atomic E-state index is 0.0253. The number of anilines is 1. The van der Waals surface area contributed by atoms with Gasteiger partial charge in [0.05, 0.1) is 11.8 Å². The van der Waals surface area contributed by atoms with Crippen LogP contribution in [0.15, 0.2) is 18.2 Å². The number of aliphatic carboxylic acids is 1. The summed E-state index contributed by atoms with van der Waals surface area (Å²) in [6.07, 6.45) is 1.92. The zero-order valence-corrected chi connectivity index (χ0v) is 12.7. The zero-order chi connectivity index (χ0) is 15.4. The summed E-state index contributed by atoms with van der Waals surface area (Å²) in [5.74, 6) is -1.84. The van der Waals surface area contributed by atoms with Crippen LogP contribution in [0.4, 0.5) is 5.69 Å². The van der Waals surface area contributed by atoms with Crippen LogP contribution in [-0.4, -0.2) is 23.5 Å². The second-order valence-electron chi connectivity index (χ2n) is 6.79. The van der Waals surface area contributed by atoms with E-state index in [9.17, 15) is 14.7 Å². The predicted octanol–water partition coefficient (Wildman–Crippen LogP) is 2.63. The maximum Gasteiger partial charge on any atom is 0.307 e. The molecule has 1 aliphatic carbocycles. The summed E-state index contributed by atoms with van der Waals surface area (Å²) in [6.45, 7) is 6.45. The van der Waals surface area contributed by atoms with Gasteiger partial charge in [0.15, 0.2) is 0 Å². The summed E-state index contributed by atoms with van der Waals surface area (Å²) in [5, 5.41) is 9.29. The lowest BCUT2D eigenvalue weighted by molar-refractivity contribution is -0.140. The van der Waals surface area contributed by atoms with Crippen LogP contribution in [0.3, 0.4) is 0 Å². The first-order valence-corrected chi connectivity index (χ1v) is 7.48. The van der Waals surface area contributed by atoms with E-state index in [-0.39, 0.29) is 5.91 Å². The van der Waals surface area contributed by atoms with Gasteiger partial charge in [0.25, 0.3) is 0 Å². The molecule has 3 rings (SSSR count). The molecular weight excluding hydrogens is 266 g/mol. The Kier molecular flexibility index (Phi) is 3.08. The second-order valence-corrected chi connectivity index (χ2v) is 6.79. The summed E-state index contributed by atoms with van der Waals surface area (Å²) >= 11 is 0. The van der Waals surface area contributed by atoms with Gasteiger partial charge < -0.3 is 10.0 Å². The van der Waals surface area contributed by atoms with Crippen molar-refractivity contribution in [2.45, 2.75) is 33.6 Å². The average molecular weight is 287 g/mol. The van der Waals surface area contributed by atoms with Crippen molar-refractivity contribution in [3.8, 4) is 0 Å². The molecule has 1 aromatic carbocycles. The van der Waals surface area contributed by atoms with Gasteiger partial charge >= 0.3 is 5.97 Å². The molecular formula is C17H21NO3. The smallest absolute Gasteiger partial charge is 0.307 e. The maximum absolute atomic E-state index is 12.9. The van der Waals surface area contributed by atoms with E-state index in [1.807, 2.05) is 37.8 Å². The first-order chi connectivity index (χ1) is 9.85. The van der Waals surface area contributed by atoms with Crippen molar-refractivity contribution < 1.29 is 14.7 Å². The lowest BCUT2D eigenvalue weighted by Gasteiger charge is -2.31. The van der Waals surface area contributed by atoms with Crippen molar-refractivity contribution in [3.05, 3.63) is 29.3 Å². The lowest BCUT2D eigenvalue weighted by atomic mass is 9.97.